The summed E-state index contributed by atoms with van der Waals surface area (Å²) >= 11 is 0. The van der Waals surface area contributed by atoms with E-state index in [1.54, 1.807) is 0 Å². The third kappa shape index (κ3) is 2.56. The number of aromatic amines is 1. The molecule has 1 aliphatic rings. The first kappa shape index (κ1) is 14.6. The highest BCUT2D eigenvalue weighted by molar-refractivity contribution is 5.94. The van der Waals surface area contributed by atoms with Crippen molar-refractivity contribution in [3.05, 3.63) is 47.5 Å². The molecule has 1 aromatic heterocycles. The Hall–Kier alpha value is -2.38. The van der Waals surface area contributed by atoms with Gasteiger partial charge in [0.1, 0.15) is 12.2 Å². The van der Waals surface area contributed by atoms with Crippen molar-refractivity contribution < 1.29 is 18.0 Å². The average Bonchev–Trinajstić information content (AvgIpc) is 2.96. The SMILES string of the molecule is O=C(NC1(c2ncn[nH]2)CCC1)c1ccc(C(F)(F)F)cc1. The Labute approximate surface area is 123 Å². The molecule has 1 aliphatic carbocycles. The largest absolute Gasteiger partial charge is 0.416 e. The lowest BCUT2D eigenvalue weighted by Crippen LogP contribution is -2.51. The number of halogens is 3. The maximum atomic E-state index is 12.5. The van der Waals surface area contributed by atoms with E-state index in [-0.39, 0.29) is 5.56 Å². The van der Waals surface area contributed by atoms with Gasteiger partial charge >= 0.3 is 6.18 Å². The van der Waals surface area contributed by atoms with Crippen molar-refractivity contribution in [1.82, 2.24) is 20.5 Å². The van der Waals surface area contributed by atoms with Gasteiger partial charge in [0.2, 0.25) is 0 Å². The summed E-state index contributed by atoms with van der Waals surface area (Å²) in [5.74, 6) is 0.142. The van der Waals surface area contributed by atoms with Gasteiger partial charge in [-0.1, -0.05) is 0 Å². The van der Waals surface area contributed by atoms with Crippen molar-refractivity contribution in [1.29, 1.82) is 0 Å². The molecule has 22 heavy (non-hydrogen) atoms. The molecule has 3 rings (SSSR count). The van der Waals surface area contributed by atoms with Crippen molar-refractivity contribution in [2.45, 2.75) is 31.0 Å². The highest BCUT2D eigenvalue weighted by Gasteiger charge is 2.42. The molecule has 0 spiro atoms. The molecule has 1 saturated carbocycles. The molecule has 1 heterocycles. The van der Waals surface area contributed by atoms with Crippen LogP contribution < -0.4 is 5.32 Å². The first-order valence-corrected chi connectivity index (χ1v) is 6.76. The number of aromatic nitrogens is 3. The number of carbonyl (C=O) groups is 1. The number of hydrogen-bond donors (Lipinski definition) is 2. The van der Waals surface area contributed by atoms with Crippen molar-refractivity contribution in [2.24, 2.45) is 0 Å². The number of benzene rings is 1. The molecule has 2 N–H and O–H groups in total. The van der Waals surface area contributed by atoms with Crippen molar-refractivity contribution in [3.63, 3.8) is 0 Å². The maximum Gasteiger partial charge on any atom is 0.416 e. The summed E-state index contributed by atoms with van der Waals surface area (Å²) in [5.41, 5.74) is -1.20. The molecule has 0 aliphatic heterocycles. The van der Waals surface area contributed by atoms with Crippen LogP contribution in [0.3, 0.4) is 0 Å². The summed E-state index contributed by atoms with van der Waals surface area (Å²) in [4.78, 5) is 16.3. The quantitative estimate of drug-likeness (QED) is 0.915. The first-order valence-electron chi connectivity index (χ1n) is 6.76. The Bertz CT molecular complexity index is 660. The van der Waals surface area contributed by atoms with Crippen molar-refractivity contribution >= 4 is 5.91 Å². The summed E-state index contributed by atoms with van der Waals surface area (Å²) < 4.78 is 37.6. The van der Waals surface area contributed by atoms with E-state index >= 15 is 0 Å². The molecule has 0 unspecified atom stereocenters. The molecule has 0 saturated heterocycles. The minimum atomic E-state index is -4.41. The predicted octanol–water partition coefficient (Wildman–Crippen LogP) is 2.63. The van der Waals surface area contributed by atoms with Crippen LogP contribution in [0, 0.1) is 0 Å². The van der Waals surface area contributed by atoms with E-state index in [4.69, 9.17) is 0 Å². The molecule has 2 aromatic rings. The van der Waals surface area contributed by atoms with E-state index in [9.17, 15) is 18.0 Å². The van der Waals surface area contributed by atoms with Gasteiger partial charge in [0.25, 0.3) is 5.91 Å². The molecule has 8 heteroatoms. The Morgan fingerprint density at radius 1 is 1.23 bits per heavy atom. The topological polar surface area (TPSA) is 70.7 Å². The van der Waals surface area contributed by atoms with Crippen LogP contribution in [0.15, 0.2) is 30.6 Å². The monoisotopic (exact) mass is 310 g/mol. The van der Waals surface area contributed by atoms with Gasteiger partial charge < -0.3 is 5.32 Å². The molecule has 0 radical (unpaired) electrons. The summed E-state index contributed by atoms with van der Waals surface area (Å²) in [6.07, 6.45) is -0.680. The van der Waals surface area contributed by atoms with Crippen LogP contribution >= 0.6 is 0 Å². The van der Waals surface area contributed by atoms with Gasteiger partial charge in [-0.25, -0.2) is 4.98 Å². The summed E-state index contributed by atoms with van der Waals surface area (Å²) in [6.45, 7) is 0. The van der Waals surface area contributed by atoms with Gasteiger partial charge in [-0.15, -0.1) is 0 Å². The Morgan fingerprint density at radius 3 is 2.36 bits per heavy atom. The third-order valence-corrected chi connectivity index (χ3v) is 3.90. The molecule has 1 aromatic carbocycles. The molecular weight excluding hydrogens is 297 g/mol. The zero-order chi connectivity index (χ0) is 15.8. The number of hydrogen-bond acceptors (Lipinski definition) is 3. The van der Waals surface area contributed by atoms with Crippen LogP contribution in [-0.4, -0.2) is 21.1 Å². The number of H-pyrrole nitrogens is 1. The number of carbonyl (C=O) groups excluding carboxylic acids is 1. The fourth-order valence-corrected chi connectivity index (χ4v) is 2.49. The lowest BCUT2D eigenvalue weighted by atomic mass is 9.76. The van der Waals surface area contributed by atoms with Gasteiger partial charge in [-0.05, 0) is 43.5 Å². The predicted molar refractivity (Wildman–Crippen MR) is 70.8 cm³/mol. The second-order valence-corrected chi connectivity index (χ2v) is 5.30. The number of nitrogens with zero attached hydrogens (tertiary/aromatic N) is 2. The Balaban J connectivity index is 1.77. The lowest BCUT2D eigenvalue weighted by Gasteiger charge is -2.40. The van der Waals surface area contributed by atoms with Gasteiger partial charge in [-0.3, -0.25) is 9.89 Å². The Morgan fingerprint density at radius 2 is 1.91 bits per heavy atom. The highest BCUT2D eigenvalue weighted by Crippen LogP contribution is 2.39. The molecular formula is C14H13F3N4O. The van der Waals surface area contributed by atoms with Crippen molar-refractivity contribution in [3.8, 4) is 0 Å². The normalized spacial score (nSPS) is 16.9. The fraction of sp³-hybridized carbons (Fsp3) is 0.357. The number of rotatable bonds is 3. The van der Waals surface area contributed by atoms with Crippen molar-refractivity contribution in [2.75, 3.05) is 0 Å². The third-order valence-electron chi connectivity index (χ3n) is 3.90. The Kier molecular flexibility index (Phi) is 3.38. The number of alkyl halides is 3. The molecule has 1 fully saturated rings. The van der Waals surface area contributed by atoms with E-state index in [2.05, 4.69) is 20.5 Å². The van der Waals surface area contributed by atoms with Gasteiger partial charge in [-0.2, -0.15) is 18.3 Å². The van der Waals surface area contributed by atoms with Crippen LogP contribution in [0.25, 0.3) is 0 Å². The van der Waals surface area contributed by atoms with E-state index in [1.807, 2.05) is 0 Å². The van der Waals surface area contributed by atoms with Gasteiger partial charge in [0.05, 0.1) is 11.1 Å². The molecule has 0 atom stereocenters. The molecule has 5 nitrogen and oxygen atoms in total. The van der Waals surface area contributed by atoms with E-state index in [0.717, 1.165) is 18.6 Å². The lowest BCUT2D eigenvalue weighted by molar-refractivity contribution is -0.137. The van der Waals surface area contributed by atoms with E-state index in [0.29, 0.717) is 18.7 Å². The number of amides is 1. The van der Waals surface area contributed by atoms with Crippen LogP contribution in [0.1, 0.15) is 41.0 Å². The summed E-state index contributed by atoms with van der Waals surface area (Å²) in [7, 11) is 0. The minimum Gasteiger partial charge on any atom is -0.339 e. The number of nitrogens with one attached hydrogen (secondary N) is 2. The molecule has 116 valence electrons. The molecule has 0 bridgehead atoms. The summed E-state index contributed by atoms with van der Waals surface area (Å²) in [6, 6.07) is 4.14. The maximum absolute atomic E-state index is 12.5. The summed E-state index contributed by atoms with van der Waals surface area (Å²) in [5, 5.41) is 9.37. The van der Waals surface area contributed by atoms with Crippen LogP contribution in [0.5, 0.6) is 0 Å². The smallest absolute Gasteiger partial charge is 0.339 e. The van der Waals surface area contributed by atoms with Gasteiger partial charge in [0.15, 0.2) is 0 Å². The average molecular weight is 310 g/mol. The first-order chi connectivity index (χ1) is 10.4. The van der Waals surface area contributed by atoms with Crippen LogP contribution in [0.2, 0.25) is 0 Å². The zero-order valence-corrected chi connectivity index (χ0v) is 11.4. The molecule has 1 amide bonds. The zero-order valence-electron chi connectivity index (χ0n) is 11.4. The van der Waals surface area contributed by atoms with E-state index in [1.165, 1.54) is 18.5 Å². The highest BCUT2D eigenvalue weighted by atomic mass is 19.4. The van der Waals surface area contributed by atoms with Crippen LogP contribution in [0.4, 0.5) is 13.2 Å². The minimum absolute atomic E-state index is 0.179. The van der Waals surface area contributed by atoms with Crippen LogP contribution in [-0.2, 0) is 11.7 Å². The van der Waals surface area contributed by atoms with Gasteiger partial charge in [0, 0.05) is 5.56 Å². The second-order valence-electron chi connectivity index (χ2n) is 5.30. The van der Waals surface area contributed by atoms with E-state index < -0.39 is 23.2 Å². The fourth-order valence-electron chi connectivity index (χ4n) is 2.49. The second kappa shape index (κ2) is 5.11. The standard InChI is InChI=1S/C14H13F3N4O/c15-14(16,17)10-4-2-9(3-5-10)11(22)20-13(6-1-7-13)12-18-8-19-21-12/h2-5,8H,1,6-7H2,(H,20,22)(H,18,19,21).